The van der Waals surface area contributed by atoms with E-state index in [0.717, 1.165) is 44.8 Å². The van der Waals surface area contributed by atoms with Gasteiger partial charge in [0.25, 0.3) is 5.91 Å². The van der Waals surface area contributed by atoms with Crippen molar-refractivity contribution < 1.29 is 9.59 Å². The van der Waals surface area contributed by atoms with Crippen LogP contribution in [0.2, 0.25) is 0 Å². The van der Waals surface area contributed by atoms with E-state index in [0.29, 0.717) is 25.7 Å². The standard InChI is InChI=1S/C25H32N4O2/c1-21(22-8-4-2-5-9-22)27-16-18-28(19-17-27)24(30)20-26-12-14-29(15-13-26)25(31)23-10-6-3-7-11-23/h2-11,21H,12-20H2,1H3/t21-/m0/s1. The molecule has 0 spiro atoms. The zero-order valence-electron chi connectivity index (χ0n) is 18.3. The molecule has 2 aliphatic rings. The maximum Gasteiger partial charge on any atom is 0.253 e. The van der Waals surface area contributed by atoms with Gasteiger partial charge < -0.3 is 9.80 Å². The fourth-order valence-electron chi connectivity index (χ4n) is 4.46. The molecular formula is C25H32N4O2. The third kappa shape index (κ3) is 5.32. The summed E-state index contributed by atoms with van der Waals surface area (Å²) in [5.74, 6) is 0.282. The Morgan fingerprint density at radius 2 is 1.29 bits per heavy atom. The van der Waals surface area contributed by atoms with Crippen LogP contribution in [-0.2, 0) is 4.79 Å². The summed E-state index contributed by atoms with van der Waals surface area (Å²) in [5, 5.41) is 0. The molecule has 164 valence electrons. The van der Waals surface area contributed by atoms with E-state index in [1.54, 1.807) is 0 Å². The lowest BCUT2D eigenvalue weighted by molar-refractivity contribution is -0.134. The number of carbonyl (C=O) groups excluding carboxylic acids is 2. The van der Waals surface area contributed by atoms with Crippen LogP contribution in [0.5, 0.6) is 0 Å². The highest BCUT2D eigenvalue weighted by Crippen LogP contribution is 2.21. The number of hydrogen-bond donors (Lipinski definition) is 0. The minimum absolute atomic E-state index is 0.0789. The Morgan fingerprint density at radius 3 is 1.90 bits per heavy atom. The minimum atomic E-state index is 0.0789. The SMILES string of the molecule is C[C@@H](c1ccccc1)N1CCN(C(=O)CN2CCN(C(=O)c3ccccc3)CC2)CC1. The number of amides is 2. The molecule has 0 aliphatic carbocycles. The third-order valence-corrected chi connectivity index (χ3v) is 6.54. The average molecular weight is 421 g/mol. The highest BCUT2D eigenvalue weighted by atomic mass is 16.2. The fraction of sp³-hybridized carbons (Fsp3) is 0.440. The van der Waals surface area contributed by atoms with Crippen LogP contribution >= 0.6 is 0 Å². The normalized spacial score (nSPS) is 19.3. The predicted octanol–water partition coefficient (Wildman–Crippen LogP) is 2.35. The number of piperazine rings is 2. The first-order valence-electron chi connectivity index (χ1n) is 11.3. The van der Waals surface area contributed by atoms with Crippen molar-refractivity contribution in [2.45, 2.75) is 13.0 Å². The smallest absolute Gasteiger partial charge is 0.253 e. The Labute approximate surface area is 185 Å². The van der Waals surface area contributed by atoms with Gasteiger partial charge in [-0.2, -0.15) is 0 Å². The lowest BCUT2D eigenvalue weighted by atomic mass is 10.1. The van der Waals surface area contributed by atoms with Gasteiger partial charge in [-0.15, -0.1) is 0 Å². The molecule has 0 bridgehead atoms. The molecular weight excluding hydrogens is 388 g/mol. The zero-order valence-corrected chi connectivity index (χ0v) is 18.3. The minimum Gasteiger partial charge on any atom is -0.339 e. The number of benzene rings is 2. The Balaban J connectivity index is 1.21. The molecule has 6 nitrogen and oxygen atoms in total. The molecule has 4 rings (SSSR count). The summed E-state index contributed by atoms with van der Waals surface area (Å²) >= 11 is 0. The average Bonchev–Trinajstić information content (AvgIpc) is 2.85. The molecule has 2 aromatic carbocycles. The van der Waals surface area contributed by atoms with Crippen LogP contribution in [0.1, 0.15) is 28.9 Å². The molecule has 2 amide bonds. The van der Waals surface area contributed by atoms with Gasteiger partial charge in [-0.05, 0) is 24.6 Å². The first-order valence-corrected chi connectivity index (χ1v) is 11.3. The highest BCUT2D eigenvalue weighted by Gasteiger charge is 2.27. The Kier molecular flexibility index (Phi) is 6.99. The molecule has 0 unspecified atom stereocenters. The lowest BCUT2D eigenvalue weighted by Crippen LogP contribution is -2.54. The zero-order chi connectivity index (χ0) is 21.6. The van der Waals surface area contributed by atoms with E-state index in [4.69, 9.17) is 0 Å². The monoisotopic (exact) mass is 420 g/mol. The molecule has 1 atom stereocenters. The van der Waals surface area contributed by atoms with E-state index >= 15 is 0 Å². The molecule has 2 aliphatic heterocycles. The van der Waals surface area contributed by atoms with E-state index in [9.17, 15) is 9.59 Å². The van der Waals surface area contributed by atoms with Gasteiger partial charge >= 0.3 is 0 Å². The largest absolute Gasteiger partial charge is 0.339 e. The van der Waals surface area contributed by atoms with E-state index in [1.165, 1.54) is 5.56 Å². The molecule has 2 heterocycles. The van der Waals surface area contributed by atoms with Crippen molar-refractivity contribution in [3.63, 3.8) is 0 Å². The molecule has 0 radical (unpaired) electrons. The van der Waals surface area contributed by atoms with Gasteiger partial charge in [0.1, 0.15) is 0 Å². The quantitative estimate of drug-likeness (QED) is 0.745. The van der Waals surface area contributed by atoms with Crippen LogP contribution in [-0.4, -0.2) is 90.3 Å². The number of hydrogen-bond acceptors (Lipinski definition) is 4. The van der Waals surface area contributed by atoms with E-state index < -0.39 is 0 Å². The van der Waals surface area contributed by atoms with Gasteiger partial charge in [-0.25, -0.2) is 0 Å². The van der Waals surface area contributed by atoms with Crippen LogP contribution in [0.4, 0.5) is 0 Å². The molecule has 0 aromatic heterocycles. The molecule has 6 heteroatoms. The van der Waals surface area contributed by atoms with Crippen LogP contribution in [0.15, 0.2) is 60.7 Å². The molecule has 0 saturated carbocycles. The summed E-state index contributed by atoms with van der Waals surface area (Å²) in [6.45, 7) is 8.88. The number of nitrogens with zero attached hydrogens (tertiary/aromatic N) is 4. The molecule has 2 aromatic rings. The van der Waals surface area contributed by atoms with Crippen molar-refractivity contribution >= 4 is 11.8 Å². The summed E-state index contributed by atoms with van der Waals surface area (Å²) in [6, 6.07) is 20.3. The Morgan fingerprint density at radius 1 is 0.742 bits per heavy atom. The van der Waals surface area contributed by atoms with Crippen LogP contribution in [0.25, 0.3) is 0 Å². The lowest BCUT2D eigenvalue weighted by Gasteiger charge is -2.40. The van der Waals surface area contributed by atoms with Crippen molar-refractivity contribution in [1.29, 1.82) is 0 Å². The maximum absolute atomic E-state index is 12.8. The second kappa shape index (κ2) is 10.1. The number of carbonyl (C=O) groups is 2. The van der Waals surface area contributed by atoms with E-state index in [-0.39, 0.29) is 11.8 Å². The van der Waals surface area contributed by atoms with E-state index in [2.05, 4.69) is 41.0 Å². The first kappa shape index (κ1) is 21.5. The van der Waals surface area contributed by atoms with Crippen LogP contribution in [0, 0.1) is 0 Å². The summed E-state index contributed by atoms with van der Waals surface area (Å²) in [5.41, 5.74) is 2.06. The molecule has 0 N–H and O–H groups in total. The molecule has 2 fully saturated rings. The summed E-state index contributed by atoms with van der Waals surface area (Å²) in [7, 11) is 0. The van der Waals surface area contributed by atoms with Gasteiger partial charge in [0.15, 0.2) is 0 Å². The maximum atomic E-state index is 12.8. The summed E-state index contributed by atoms with van der Waals surface area (Å²) in [6.07, 6.45) is 0. The summed E-state index contributed by atoms with van der Waals surface area (Å²) in [4.78, 5) is 33.9. The molecule has 31 heavy (non-hydrogen) atoms. The highest BCUT2D eigenvalue weighted by molar-refractivity contribution is 5.94. The van der Waals surface area contributed by atoms with Gasteiger partial charge in [-0.3, -0.25) is 19.4 Å². The fourth-order valence-corrected chi connectivity index (χ4v) is 4.46. The van der Waals surface area contributed by atoms with Crippen molar-refractivity contribution in [1.82, 2.24) is 19.6 Å². The number of rotatable bonds is 5. The Bertz CT molecular complexity index is 858. The topological polar surface area (TPSA) is 47.1 Å². The second-order valence-electron chi connectivity index (χ2n) is 8.44. The van der Waals surface area contributed by atoms with Gasteiger partial charge in [0, 0.05) is 64.0 Å². The van der Waals surface area contributed by atoms with Gasteiger partial charge in [-0.1, -0.05) is 48.5 Å². The van der Waals surface area contributed by atoms with Crippen molar-refractivity contribution in [2.24, 2.45) is 0 Å². The second-order valence-corrected chi connectivity index (χ2v) is 8.44. The van der Waals surface area contributed by atoms with Gasteiger partial charge in [0.2, 0.25) is 5.91 Å². The predicted molar refractivity (Wildman–Crippen MR) is 122 cm³/mol. The third-order valence-electron chi connectivity index (χ3n) is 6.54. The Hall–Kier alpha value is -2.70. The van der Waals surface area contributed by atoms with Crippen LogP contribution in [0.3, 0.4) is 0 Å². The van der Waals surface area contributed by atoms with Crippen molar-refractivity contribution in [3.8, 4) is 0 Å². The summed E-state index contributed by atoms with van der Waals surface area (Å²) < 4.78 is 0. The van der Waals surface area contributed by atoms with E-state index in [1.807, 2.05) is 46.2 Å². The van der Waals surface area contributed by atoms with Gasteiger partial charge in [0.05, 0.1) is 6.54 Å². The van der Waals surface area contributed by atoms with Crippen molar-refractivity contribution in [2.75, 3.05) is 58.9 Å². The van der Waals surface area contributed by atoms with Crippen LogP contribution < -0.4 is 0 Å². The first-order chi connectivity index (χ1) is 15.1. The molecule has 2 saturated heterocycles. The van der Waals surface area contributed by atoms with Crippen molar-refractivity contribution in [3.05, 3.63) is 71.8 Å².